The number of nitrogens with zero attached hydrogens (tertiary/aromatic N) is 2. The molecule has 1 saturated heterocycles. The van der Waals surface area contributed by atoms with Gasteiger partial charge in [-0.25, -0.2) is 0 Å². The van der Waals surface area contributed by atoms with Gasteiger partial charge in [0.1, 0.15) is 5.76 Å². The molecule has 1 aromatic heterocycles. The van der Waals surface area contributed by atoms with Crippen molar-refractivity contribution < 1.29 is 14.1 Å². The van der Waals surface area contributed by atoms with Gasteiger partial charge in [0, 0.05) is 31.2 Å². The lowest BCUT2D eigenvalue weighted by atomic mass is 10.0. The van der Waals surface area contributed by atoms with E-state index in [9.17, 15) is 4.79 Å². The number of rotatable bonds is 7. The molecule has 2 heterocycles. The van der Waals surface area contributed by atoms with E-state index in [-0.39, 0.29) is 5.91 Å². The van der Waals surface area contributed by atoms with Crippen LogP contribution in [0.5, 0.6) is 0 Å². The Morgan fingerprint density at radius 2 is 2.00 bits per heavy atom. The van der Waals surface area contributed by atoms with Gasteiger partial charge in [-0.15, -0.1) is 0 Å². The van der Waals surface area contributed by atoms with Crippen molar-refractivity contribution in [1.82, 2.24) is 15.4 Å². The Morgan fingerprint density at radius 1 is 1.30 bits per heavy atom. The van der Waals surface area contributed by atoms with E-state index >= 15 is 0 Å². The van der Waals surface area contributed by atoms with Crippen LogP contribution in [0.2, 0.25) is 0 Å². The molecule has 2 rings (SSSR count). The summed E-state index contributed by atoms with van der Waals surface area (Å²) < 4.78 is 10.5. The molecule has 1 atom stereocenters. The van der Waals surface area contributed by atoms with Gasteiger partial charge in [-0.3, -0.25) is 9.69 Å². The summed E-state index contributed by atoms with van der Waals surface area (Å²) in [5, 5.41) is 6.99. The Bertz CT molecular complexity index is 488. The second-order valence-electron chi connectivity index (χ2n) is 6.72. The number of hydrogen-bond donors (Lipinski definition) is 1. The fraction of sp³-hybridized carbons (Fsp3) is 0.765. The molecule has 1 fully saturated rings. The quantitative estimate of drug-likeness (QED) is 0.827. The first-order chi connectivity index (χ1) is 11.0. The summed E-state index contributed by atoms with van der Waals surface area (Å²) in [6.45, 7) is 12.3. The normalized spacial score (nSPS) is 17.4. The van der Waals surface area contributed by atoms with Gasteiger partial charge in [0.25, 0.3) is 0 Å². The molecule has 6 heteroatoms. The lowest BCUT2D eigenvalue weighted by Gasteiger charge is -2.35. The largest absolute Gasteiger partial charge is 0.379 e. The van der Waals surface area contributed by atoms with Gasteiger partial charge in [-0.2, -0.15) is 0 Å². The number of carbonyl (C=O) groups is 1. The zero-order valence-corrected chi connectivity index (χ0v) is 14.7. The average molecular weight is 323 g/mol. The van der Waals surface area contributed by atoms with Crippen LogP contribution in [0.15, 0.2) is 4.52 Å². The minimum atomic E-state index is 0.0291. The number of hydrogen-bond acceptors (Lipinski definition) is 5. The van der Waals surface area contributed by atoms with E-state index in [4.69, 9.17) is 9.26 Å². The average Bonchev–Trinajstić information content (AvgIpc) is 2.84. The summed E-state index contributed by atoms with van der Waals surface area (Å²) in [7, 11) is 0. The first-order valence-electron chi connectivity index (χ1n) is 8.47. The molecule has 0 bridgehead atoms. The number of aromatic nitrogens is 1. The molecular weight excluding hydrogens is 294 g/mol. The van der Waals surface area contributed by atoms with Crippen LogP contribution in [-0.4, -0.2) is 54.9 Å². The van der Waals surface area contributed by atoms with Crippen LogP contribution in [0, 0.1) is 19.8 Å². The van der Waals surface area contributed by atoms with Crippen molar-refractivity contribution in [2.45, 2.75) is 46.6 Å². The van der Waals surface area contributed by atoms with Gasteiger partial charge in [0.15, 0.2) is 0 Å². The fourth-order valence-corrected chi connectivity index (χ4v) is 3.06. The zero-order valence-electron chi connectivity index (χ0n) is 14.7. The molecule has 1 aliphatic heterocycles. The maximum atomic E-state index is 12.3. The zero-order chi connectivity index (χ0) is 16.8. The SMILES string of the molecule is Cc1noc(C)c1CC(=O)NCC(CC(C)C)N1CCOCC1. The van der Waals surface area contributed by atoms with E-state index in [0.29, 0.717) is 24.9 Å². The van der Waals surface area contributed by atoms with E-state index in [0.717, 1.165) is 49.7 Å². The van der Waals surface area contributed by atoms with Gasteiger partial charge in [-0.05, 0) is 26.2 Å². The van der Waals surface area contributed by atoms with Crippen molar-refractivity contribution in [2.24, 2.45) is 5.92 Å². The van der Waals surface area contributed by atoms with Crippen molar-refractivity contribution in [3.63, 3.8) is 0 Å². The number of carbonyl (C=O) groups excluding carboxylic acids is 1. The number of ether oxygens (including phenoxy) is 1. The predicted molar refractivity (Wildman–Crippen MR) is 88.3 cm³/mol. The van der Waals surface area contributed by atoms with Crippen LogP contribution in [0.25, 0.3) is 0 Å². The molecule has 1 aromatic rings. The standard InChI is InChI=1S/C17H29N3O3/c1-12(2)9-15(20-5-7-22-8-6-20)11-18-17(21)10-16-13(3)19-23-14(16)4/h12,15H,5-11H2,1-4H3,(H,18,21). The van der Waals surface area contributed by atoms with Crippen molar-refractivity contribution in [2.75, 3.05) is 32.8 Å². The van der Waals surface area contributed by atoms with Crippen LogP contribution in [0.4, 0.5) is 0 Å². The summed E-state index contributed by atoms with van der Waals surface area (Å²) in [6.07, 6.45) is 1.41. The lowest BCUT2D eigenvalue weighted by Crippen LogP contribution is -2.49. The summed E-state index contributed by atoms with van der Waals surface area (Å²) in [4.78, 5) is 14.7. The van der Waals surface area contributed by atoms with E-state index in [1.165, 1.54) is 0 Å². The van der Waals surface area contributed by atoms with E-state index in [2.05, 4.69) is 29.2 Å². The first kappa shape index (κ1) is 17.9. The molecule has 1 unspecified atom stereocenters. The summed E-state index contributed by atoms with van der Waals surface area (Å²) in [5.41, 5.74) is 1.69. The van der Waals surface area contributed by atoms with Gasteiger partial charge < -0.3 is 14.6 Å². The Labute approximate surface area is 138 Å². The van der Waals surface area contributed by atoms with Gasteiger partial charge in [0.2, 0.25) is 5.91 Å². The molecule has 0 saturated carbocycles. The highest BCUT2D eigenvalue weighted by Crippen LogP contribution is 2.14. The Morgan fingerprint density at radius 3 is 2.57 bits per heavy atom. The molecule has 0 aromatic carbocycles. The van der Waals surface area contributed by atoms with Crippen LogP contribution in [0.3, 0.4) is 0 Å². The van der Waals surface area contributed by atoms with Gasteiger partial charge in [-0.1, -0.05) is 19.0 Å². The number of nitrogens with one attached hydrogen (secondary N) is 1. The minimum Gasteiger partial charge on any atom is -0.379 e. The monoisotopic (exact) mass is 323 g/mol. The molecule has 1 N–H and O–H groups in total. The maximum Gasteiger partial charge on any atom is 0.224 e. The van der Waals surface area contributed by atoms with Crippen molar-refractivity contribution in [3.05, 3.63) is 17.0 Å². The molecule has 1 amide bonds. The molecule has 130 valence electrons. The third kappa shape index (κ3) is 5.32. The van der Waals surface area contributed by atoms with E-state index in [1.807, 2.05) is 13.8 Å². The summed E-state index contributed by atoms with van der Waals surface area (Å²) >= 11 is 0. The highest BCUT2D eigenvalue weighted by Gasteiger charge is 2.23. The Hall–Kier alpha value is -1.40. The molecule has 23 heavy (non-hydrogen) atoms. The molecular formula is C17H29N3O3. The smallest absolute Gasteiger partial charge is 0.224 e. The highest BCUT2D eigenvalue weighted by molar-refractivity contribution is 5.79. The number of aryl methyl sites for hydroxylation is 2. The van der Waals surface area contributed by atoms with Crippen molar-refractivity contribution in [3.8, 4) is 0 Å². The fourth-order valence-electron chi connectivity index (χ4n) is 3.06. The summed E-state index contributed by atoms with van der Waals surface area (Å²) in [5.74, 6) is 1.35. The minimum absolute atomic E-state index is 0.0291. The highest BCUT2D eigenvalue weighted by atomic mass is 16.5. The second-order valence-corrected chi connectivity index (χ2v) is 6.72. The maximum absolute atomic E-state index is 12.3. The summed E-state index contributed by atoms with van der Waals surface area (Å²) in [6, 6.07) is 0.368. The topological polar surface area (TPSA) is 67.6 Å². The molecule has 6 nitrogen and oxygen atoms in total. The van der Waals surface area contributed by atoms with Gasteiger partial charge >= 0.3 is 0 Å². The number of amides is 1. The second kappa shape index (κ2) is 8.45. The van der Waals surface area contributed by atoms with Crippen molar-refractivity contribution in [1.29, 1.82) is 0 Å². The molecule has 0 aliphatic carbocycles. The third-order valence-corrected chi connectivity index (χ3v) is 4.36. The van der Waals surface area contributed by atoms with Crippen LogP contribution >= 0.6 is 0 Å². The van der Waals surface area contributed by atoms with Crippen LogP contribution in [-0.2, 0) is 16.0 Å². The van der Waals surface area contributed by atoms with E-state index in [1.54, 1.807) is 0 Å². The van der Waals surface area contributed by atoms with Crippen LogP contribution in [0.1, 0.15) is 37.3 Å². The molecule has 0 radical (unpaired) electrons. The molecule has 1 aliphatic rings. The van der Waals surface area contributed by atoms with Crippen LogP contribution < -0.4 is 5.32 Å². The first-order valence-corrected chi connectivity index (χ1v) is 8.47. The van der Waals surface area contributed by atoms with E-state index < -0.39 is 0 Å². The third-order valence-electron chi connectivity index (χ3n) is 4.36. The Balaban J connectivity index is 1.88. The predicted octanol–water partition coefficient (Wildman–Crippen LogP) is 1.70. The molecule has 0 spiro atoms. The Kier molecular flexibility index (Phi) is 6.59. The number of morpholine rings is 1. The lowest BCUT2D eigenvalue weighted by molar-refractivity contribution is -0.120. The van der Waals surface area contributed by atoms with Gasteiger partial charge in [0.05, 0.1) is 25.3 Å². The van der Waals surface area contributed by atoms with Crippen molar-refractivity contribution >= 4 is 5.91 Å².